The lowest BCUT2D eigenvalue weighted by Gasteiger charge is -2.32. The number of ether oxygens (including phenoxy) is 3. The number of carbonyl (C=O) groups excluding carboxylic acids is 3. The lowest BCUT2D eigenvalue weighted by Crippen LogP contribution is -2.42. The summed E-state index contributed by atoms with van der Waals surface area (Å²) in [5.41, 5.74) is 2.48. The van der Waals surface area contributed by atoms with Crippen LogP contribution in [0.25, 0.3) is 0 Å². The van der Waals surface area contributed by atoms with E-state index in [2.05, 4.69) is 6.08 Å². The van der Waals surface area contributed by atoms with Crippen LogP contribution in [0.5, 0.6) is 0 Å². The summed E-state index contributed by atoms with van der Waals surface area (Å²) in [7, 11) is 0. The molecular weight excluding hydrogens is 424 g/mol. The first-order valence-electron chi connectivity index (χ1n) is 11.5. The van der Waals surface area contributed by atoms with Crippen molar-refractivity contribution in [1.82, 2.24) is 0 Å². The molecule has 1 saturated heterocycles. The molecule has 2 rings (SSSR count). The highest BCUT2D eigenvalue weighted by molar-refractivity contribution is 5.72. The van der Waals surface area contributed by atoms with E-state index in [9.17, 15) is 14.4 Å². The van der Waals surface area contributed by atoms with Crippen LogP contribution >= 0.6 is 0 Å². The van der Waals surface area contributed by atoms with Crippen LogP contribution in [0.1, 0.15) is 78.7 Å². The molecular formula is C26H36O7. The van der Waals surface area contributed by atoms with Gasteiger partial charge in [-0.25, -0.2) is 0 Å². The van der Waals surface area contributed by atoms with Crippen molar-refractivity contribution in [1.29, 1.82) is 0 Å². The van der Waals surface area contributed by atoms with Gasteiger partial charge in [-0.05, 0) is 64.2 Å². The fraction of sp³-hybridized carbons (Fsp3) is 0.577. The second kappa shape index (κ2) is 12.4. The second-order valence-electron chi connectivity index (χ2n) is 9.01. The average molecular weight is 461 g/mol. The molecule has 2 heterocycles. The number of furan rings is 1. The standard InChI is InChI=1S/C26H36O7/c1-18(7-6-8-22-12-14-30-17-22)15-23(31-20(3)27)16-19(2)9-10-24(32-21(4)28)26(5)13-11-25(29)33-26/h7,12,14,16-17,23-24H,6,8-11,13,15H2,1-5H3/b18-7+,19-16+/t23-,24+,26-/m0/s1. The first-order chi connectivity index (χ1) is 15.6. The summed E-state index contributed by atoms with van der Waals surface area (Å²) < 4.78 is 21.6. The summed E-state index contributed by atoms with van der Waals surface area (Å²) in [6.07, 6.45) is 10.9. The minimum absolute atomic E-state index is 0.271. The van der Waals surface area contributed by atoms with Gasteiger partial charge in [-0.1, -0.05) is 17.2 Å². The minimum atomic E-state index is -0.813. The molecule has 0 aromatic carbocycles. The van der Waals surface area contributed by atoms with Crippen LogP contribution in [0, 0.1) is 0 Å². The Balaban J connectivity index is 1.98. The molecule has 1 aliphatic heterocycles. The lowest BCUT2D eigenvalue weighted by molar-refractivity contribution is -0.172. The Morgan fingerprint density at radius 3 is 2.45 bits per heavy atom. The van der Waals surface area contributed by atoms with Gasteiger partial charge < -0.3 is 18.6 Å². The zero-order chi connectivity index (χ0) is 24.4. The largest absolute Gasteiger partial charge is 0.472 e. The number of carbonyl (C=O) groups is 3. The predicted molar refractivity (Wildman–Crippen MR) is 123 cm³/mol. The van der Waals surface area contributed by atoms with Crippen LogP contribution in [0.2, 0.25) is 0 Å². The molecule has 3 atom stereocenters. The molecule has 1 fully saturated rings. The first kappa shape index (κ1) is 26.4. The number of hydrogen-bond donors (Lipinski definition) is 0. The van der Waals surface area contributed by atoms with Crippen LogP contribution < -0.4 is 0 Å². The fourth-order valence-electron chi connectivity index (χ4n) is 4.06. The van der Waals surface area contributed by atoms with Gasteiger partial charge in [0, 0.05) is 33.1 Å². The quantitative estimate of drug-likeness (QED) is 0.239. The van der Waals surface area contributed by atoms with E-state index in [0.29, 0.717) is 32.1 Å². The molecule has 1 aromatic heterocycles. The molecule has 7 heteroatoms. The number of rotatable bonds is 12. The number of esters is 3. The summed E-state index contributed by atoms with van der Waals surface area (Å²) >= 11 is 0. The third kappa shape index (κ3) is 9.28. The van der Waals surface area contributed by atoms with E-state index < -0.39 is 17.7 Å². The third-order valence-corrected chi connectivity index (χ3v) is 5.78. The van der Waals surface area contributed by atoms with Crippen LogP contribution in [-0.4, -0.2) is 35.7 Å². The molecule has 0 bridgehead atoms. The smallest absolute Gasteiger partial charge is 0.306 e. The maximum Gasteiger partial charge on any atom is 0.306 e. The highest BCUT2D eigenvalue weighted by Crippen LogP contribution is 2.34. The summed E-state index contributed by atoms with van der Waals surface area (Å²) in [6, 6.07) is 1.95. The normalized spacial score (nSPS) is 20.8. The number of cyclic esters (lactones) is 1. The zero-order valence-electron chi connectivity index (χ0n) is 20.3. The van der Waals surface area contributed by atoms with Gasteiger partial charge in [0.05, 0.1) is 12.5 Å². The first-order valence-corrected chi connectivity index (χ1v) is 11.5. The van der Waals surface area contributed by atoms with Gasteiger partial charge in [-0.2, -0.15) is 0 Å². The summed E-state index contributed by atoms with van der Waals surface area (Å²) in [5, 5.41) is 0. The Kier molecular flexibility index (Phi) is 9.95. The van der Waals surface area contributed by atoms with Gasteiger partial charge in [0.15, 0.2) is 0 Å². The molecule has 0 saturated carbocycles. The van der Waals surface area contributed by atoms with Crippen molar-refractivity contribution in [3.05, 3.63) is 47.5 Å². The Labute approximate surface area is 196 Å². The van der Waals surface area contributed by atoms with E-state index >= 15 is 0 Å². The summed E-state index contributed by atoms with van der Waals surface area (Å²) in [5.74, 6) is -1.01. The summed E-state index contributed by atoms with van der Waals surface area (Å²) in [6.45, 7) is 8.56. The summed E-state index contributed by atoms with van der Waals surface area (Å²) in [4.78, 5) is 34.9. The van der Waals surface area contributed by atoms with Crippen molar-refractivity contribution in [2.75, 3.05) is 0 Å². The van der Waals surface area contributed by atoms with E-state index in [1.54, 1.807) is 12.5 Å². The van der Waals surface area contributed by atoms with Crippen molar-refractivity contribution in [3.63, 3.8) is 0 Å². The van der Waals surface area contributed by atoms with Crippen LogP contribution in [0.4, 0.5) is 0 Å². The SMILES string of the molecule is CC(=O)O[C@H](/C=C(\C)CC[C@@H](OC(C)=O)[C@]1(C)CCC(=O)O1)C/C(C)=C/CCc1ccoc1. The van der Waals surface area contributed by atoms with Gasteiger partial charge in [0.2, 0.25) is 0 Å². The van der Waals surface area contributed by atoms with Gasteiger partial charge >= 0.3 is 17.9 Å². The van der Waals surface area contributed by atoms with Crippen molar-refractivity contribution in [2.24, 2.45) is 0 Å². The monoisotopic (exact) mass is 460 g/mol. The number of allylic oxidation sites excluding steroid dienone is 2. The molecule has 0 amide bonds. The Bertz CT molecular complexity index is 865. The topological polar surface area (TPSA) is 92.0 Å². The van der Waals surface area contributed by atoms with E-state index in [1.165, 1.54) is 13.8 Å². The minimum Gasteiger partial charge on any atom is -0.472 e. The molecule has 0 radical (unpaired) electrons. The highest BCUT2D eigenvalue weighted by atomic mass is 16.6. The van der Waals surface area contributed by atoms with Crippen molar-refractivity contribution >= 4 is 17.9 Å². The molecule has 33 heavy (non-hydrogen) atoms. The van der Waals surface area contributed by atoms with Crippen LogP contribution in [0.15, 0.2) is 46.3 Å². The van der Waals surface area contributed by atoms with Gasteiger partial charge in [-0.3, -0.25) is 14.4 Å². The molecule has 1 aliphatic rings. The third-order valence-electron chi connectivity index (χ3n) is 5.78. The van der Waals surface area contributed by atoms with Gasteiger partial charge in [0.1, 0.15) is 17.8 Å². The van der Waals surface area contributed by atoms with E-state index in [1.807, 2.05) is 32.9 Å². The van der Waals surface area contributed by atoms with Crippen LogP contribution in [0.3, 0.4) is 0 Å². The maximum atomic E-state index is 11.6. The molecule has 0 aliphatic carbocycles. The highest BCUT2D eigenvalue weighted by Gasteiger charge is 2.44. The second-order valence-corrected chi connectivity index (χ2v) is 9.01. The van der Waals surface area contributed by atoms with E-state index in [4.69, 9.17) is 18.6 Å². The van der Waals surface area contributed by atoms with Crippen LogP contribution in [-0.2, 0) is 35.0 Å². The molecule has 1 aromatic rings. The van der Waals surface area contributed by atoms with Gasteiger partial charge in [-0.15, -0.1) is 0 Å². The van der Waals surface area contributed by atoms with Crippen molar-refractivity contribution in [3.8, 4) is 0 Å². The maximum absolute atomic E-state index is 11.6. The molecule has 0 N–H and O–H groups in total. The molecule has 0 unspecified atom stereocenters. The Morgan fingerprint density at radius 2 is 1.88 bits per heavy atom. The van der Waals surface area contributed by atoms with E-state index in [0.717, 1.165) is 29.6 Å². The Hall–Kier alpha value is -2.83. The Morgan fingerprint density at radius 1 is 1.15 bits per heavy atom. The lowest BCUT2D eigenvalue weighted by atomic mass is 9.90. The van der Waals surface area contributed by atoms with Gasteiger partial charge in [0.25, 0.3) is 0 Å². The molecule has 7 nitrogen and oxygen atoms in total. The average Bonchev–Trinajstić information content (AvgIpc) is 3.34. The fourth-order valence-corrected chi connectivity index (χ4v) is 4.06. The van der Waals surface area contributed by atoms with E-state index in [-0.39, 0.29) is 18.0 Å². The number of hydrogen-bond acceptors (Lipinski definition) is 7. The molecule has 0 spiro atoms. The van der Waals surface area contributed by atoms with Crippen molar-refractivity contribution in [2.45, 2.75) is 97.4 Å². The predicted octanol–water partition coefficient (Wildman–Crippen LogP) is 5.23. The zero-order valence-corrected chi connectivity index (χ0v) is 20.3. The van der Waals surface area contributed by atoms with Crippen molar-refractivity contribution < 1.29 is 33.0 Å². The number of aryl methyl sites for hydroxylation is 1. The molecule has 182 valence electrons.